The van der Waals surface area contributed by atoms with Gasteiger partial charge in [0.15, 0.2) is 11.5 Å². The molecule has 0 radical (unpaired) electrons. The summed E-state index contributed by atoms with van der Waals surface area (Å²) in [5.41, 5.74) is 2.08. The Morgan fingerprint density at radius 2 is 1.68 bits per heavy atom. The van der Waals surface area contributed by atoms with Gasteiger partial charge in [0, 0.05) is 10.4 Å². The first kappa shape index (κ1) is 20.0. The first-order valence-corrected chi connectivity index (χ1v) is 10.1. The predicted molar refractivity (Wildman–Crippen MR) is 109 cm³/mol. The van der Waals surface area contributed by atoms with Crippen LogP contribution in [0, 0.1) is 11.3 Å². The van der Waals surface area contributed by atoms with Crippen LogP contribution in [-0.2, 0) is 12.8 Å². The second kappa shape index (κ2) is 8.98. The van der Waals surface area contributed by atoms with E-state index in [-0.39, 0.29) is 5.91 Å². The van der Waals surface area contributed by atoms with E-state index in [1.54, 1.807) is 12.1 Å². The maximum absolute atomic E-state index is 12.9. The molecule has 1 amide bonds. The molecule has 7 heteroatoms. The monoisotopic (exact) mass is 400 g/mol. The third kappa shape index (κ3) is 3.92. The number of carbonyl (C=O) groups is 1. The highest BCUT2D eigenvalue weighted by atomic mass is 32.1. The van der Waals surface area contributed by atoms with Crippen molar-refractivity contribution in [3.05, 3.63) is 33.7 Å². The Bertz CT molecular complexity index is 889. The van der Waals surface area contributed by atoms with Crippen molar-refractivity contribution in [2.24, 2.45) is 0 Å². The van der Waals surface area contributed by atoms with Crippen molar-refractivity contribution in [2.45, 2.75) is 38.5 Å². The fraction of sp³-hybridized carbons (Fsp3) is 0.429. The first-order valence-electron chi connectivity index (χ1n) is 9.28. The lowest BCUT2D eigenvalue weighted by molar-refractivity contribution is 0.102. The third-order valence-corrected chi connectivity index (χ3v) is 6.14. The number of methoxy groups -OCH3 is 3. The van der Waals surface area contributed by atoms with Gasteiger partial charge < -0.3 is 19.5 Å². The molecule has 0 unspecified atom stereocenters. The molecule has 1 aromatic carbocycles. The number of hydrogen-bond acceptors (Lipinski definition) is 6. The van der Waals surface area contributed by atoms with Gasteiger partial charge in [0.1, 0.15) is 11.1 Å². The van der Waals surface area contributed by atoms with E-state index in [1.807, 2.05) is 0 Å². The lowest BCUT2D eigenvalue weighted by Gasteiger charge is -2.14. The molecule has 3 rings (SSSR count). The molecule has 6 nitrogen and oxygen atoms in total. The minimum atomic E-state index is -0.315. The zero-order valence-corrected chi connectivity index (χ0v) is 17.2. The zero-order chi connectivity index (χ0) is 20.1. The highest BCUT2D eigenvalue weighted by Gasteiger charge is 2.22. The molecule has 1 aromatic heterocycles. The number of benzene rings is 1. The number of ether oxygens (including phenoxy) is 3. The number of nitriles is 1. The molecule has 0 spiro atoms. The lowest BCUT2D eigenvalue weighted by atomic mass is 9.97. The van der Waals surface area contributed by atoms with Crippen LogP contribution in [0.2, 0.25) is 0 Å². The Morgan fingerprint density at radius 1 is 1.04 bits per heavy atom. The van der Waals surface area contributed by atoms with Gasteiger partial charge in [-0.15, -0.1) is 11.3 Å². The summed E-state index contributed by atoms with van der Waals surface area (Å²) in [6.07, 6.45) is 6.47. The van der Waals surface area contributed by atoms with Crippen LogP contribution in [-0.4, -0.2) is 27.2 Å². The summed E-state index contributed by atoms with van der Waals surface area (Å²) in [5.74, 6) is 0.931. The van der Waals surface area contributed by atoms with E-state index in [0.717, 1.165) is 31.2 Å². The Morgan fingerprint density at radius 3 is 2.25 bits per heavy atom. The van der Waals surface area contributed by atoms with Gasteiger partial charge in [-0.1, -0.05) is 12.8 Å². The maximum atomic E-state index is 12.9. The molecular weight excluding hydrogens is 376 g/mol. The molecule has 0 saturated heterocycles. The molecule has 0 atom stereocenters. The van der Waals surface area contributed by atoms with E-state index < -0.39 is 0 Å². The molecule has 1 aliphatic rings. The van der Waals surface area contributed by atoms with Crippen molar-refractivity contribution in [2.75, 3.05) is 26.6 Å². The number of carbonyl (C=O) groups excluding carboxylic acids is 1. The van der Waals surface area contributed by atoms with E-state index in [9.17, 15) is 10.1 Å². The summed E-state index contributed by atoms with van der Waals surface area (Å²) in [6, 6.07) is 5.51. The van der Waals surface area contributed by atoms with Crippen molar-refractivity contribution in [3.63, 3.8) is 0 Å². The Balaban J connectivity index is 1.93. The van der Waals surface area contributed by atoms with Crippen LogP contribution in [0.4, 0.5) is 5.00 Å². The largest absolute Gasteiger partial charge is 0.493 e. The zero-order valence-electron chi connectivity index (χ0n) is 16.4. The highest BCUT2D eigenvalue weighted by molar-refractivity contribution is 7.16. The summed E-state index contributed by atoms with van der Waals surface area (Å²) in [4.78, 5) is 14.1. The Hall–Kier alpha value is -2.72. The number of fused-ring (bicyclic) bond motifs is 1. The van der Waals surface area contributed by atoms with E-state index in [0.29, 0.717) is 33.4 Å². The van der Waals surface area contributed by atoms with Crippen LogP contribution in [0.1, 0.15) is 52.0 Å². The average molecular weight is 401 g/mol. The number of rotatable bonds is 5. The van der Waals surface area contributed by atoms with E-state index in [2.05, 4.69) is 11.4 Å². The molecular formula is C21H24N2O4S. The second-order valence-electron chi connectivity index (χ2n) is 6.60. The number of nitrogens with zero attached hydrogens (tertiary/aromatic N) is 1. The highest BCUT2D eigenvalue weighted by Crippen LogP contribution is 2.40. The Labute approximate surface area is 169 Å². The molecule has 0 aliphatic heterocycles. The average Bonchev–Trinajstić information content (AvgIpc) is 3.01. The first-order chi connectivity index (χ1) is 13.6. The minimum absolute atomic E-state index is 0.315. The van der Waals surface area contributed by atoms with Gasteiger partial charge in [-0.3, -0.25) is 4.79 Å². The summed E-state index contributed by atoms with van der Waals surface area (Å²) in [5, 5.41) is 13.2. The topological polar surface area (TPSA) is 80.6 Å². The van der Waals surface area contributed by atoms with Crippen LogP contribution < -0.4 is 19.5 Å². The molecule has 1 heterocycles. The van der Waals surface area contributed by atoms with Crippen LogP contribution in [0.25, 0.3) is 0 Å². The van der Waals surface area contributed by atoms with E-state index >= 15 is 0 Å². The SMILES string of the molecule is COc1cc(C(=O)Nc2sc3c(c2C#N)CCCCCC3)cc(OC)c1OC. The Kier molecular flexibility index (Phi) is 6.42. The number of hydrogen-bond donors (Lipinski definition) is 1. The van der Waals surface area contributed by atoms with Crippen LogP contribution in [0.3, 0.4) is 0 Å². The molecule has 2 aromatic rings. The van der Waals surface area contributed by atoms with Gasteiger partial charge in [-0.05, 0) is 43.4 Å². The van der Waals surface area contributed by atoms with Gasteiger partial charge in [0.2, 0.25) is 5.75 Å². The van der Waals surface area contributed by atoms with Gasteiger partial charge in [0.25, 0.3) is 5.91 Å². The molecule has 1 aliphatic carbocycles. The normalized spacial score (nSPS) is 13.5. The van der Waals surface area contributed by atoms with Crippen LogP contribution in [0.5, 0.6) is 17.2 Å². The molecule has 0 bridgehead atoms. The van der Waals surface area contributed by atoms with Gasteiger partial charge in [0.05, 0.1) is 26.9 Å². The minimum Gasteiger partial charge on any atom is -0.493 e. The second-order valence-corrected chi connectivity index (χ2v) is 7.71. The summed E-state index contributed by atoms with van der Waals surface area (Å²) in [7, 11) is 4.53. The van der Waals surface area contributed by atoms with Crippen molar-refractivity contribution in [1.82, 2.24) is 0 Å². The molecule has 1 N–H and O–H groups in total. The number of amides is 1. The summed E-state index contributed by atoms with van der Waals surface area (Å²) in [6.45, 7) is 0. The standard InChI is InChI=1S/C21H24N2O4S/c1-25-16-10-13(11-17(26-2)19(16)27-3)20(24)23-21-15(12-22)14-8-6-4-5-7-9-18(14)28-21/h10-11H,4-9H2,1-3H3,(H,23,24). The summed E-state index contributed by atoms with van der Waals surface area (Å²) >= 11 is 1.52. The van der Waals surface area contributed by atoms with Gasteiger partial charge in [-0.2, -0.15) is 5.26 Å². The molecule has 0 fully saturated rings. The van der Waals surface area contributed by atoms with Crippen molar-refractivity contribution >= 4 is 22.2 Å². The smallest absolute Gasteiger partial charge is 0.256 e. The van der Waals surface area contributed by atoms with Crippen LogP contribution >= 0.6 is 11.3 Å². The van der Waals surface area contributed by atoms with Crippen molar-refractivity contribution in [3.8, 4) is 23.3 Å². The number of anilines is 1. The van der Waals surface area contributed by atoms with E-state index in [1.165, 1.54) is 50.4 Å². The number of nitrogens with one attached hydrogen (secondary N) is 1. The molecule has 0 saturated carbocycles. The lowest BCUT2D eigenvalue weighted by Crippen LogP contribution is -2.12. The third-order valence-electron chi connectivity index (χ3n) is 4.94. The number of aryl methyl sites for hydroxylation is 1. The molecule has 148 valence electrons. The van der Waals surface area contributed by atoms with E-state index in [4.69, 9.17) is 14.2 Å². The predicted octanol–water partition coefficient (Wildman–Crippen LogP) is 4.56. The summed E-state index contributed by atoms with van der Waals surface area (Å²) < 4.78 is 16.0. The fourth-order valence-corrected chi connectivity index (χ4v) is 4.75. The van der Waals surface area contributed by atoms with Gasteiger partial charge >= 0.3 is 0 Å². The van der Waals surface area contributed by atoms with Crippen LogP contribution in [0.15, 0.2) is 12.1 Å². The fourth-order valence-electron chi connectivity index (χ4n) is 3.51. The van der Waals surface area contributed by atoms with Crippen molar-refractivity contribution in [1.29, 1.82) is 5.26 Å². The number of thiophene rings is 1. The maximum Gasteiger partial charge on any atom is 0.256 e. The molecule has 28 heavy (non-hydrogen) atoms. The van der Waals surface area contributed by atoms with Gasteiger partial charge in [-0.25, -0.2) is 0 Å². The quantitative estimate of drug-likeness (QED) is 0.796. The van der Waals surface area contributed by atoms with Crippen molar-refractivity contribution < 1.29 is 19.0 Å².